The molecule has 8 heteroatoms. The van der Waals surface area contributed by atoms with Crippen LogP contribution in [0.5, 0.6) is 11.5 Å². The summed E-state index contributed by atoms with van der Waals surface area (Å²) in [6.45, 7) is 9.15. The van der Waals surface area contributed by atoms with Crippen molar-refractivity contribution in [1.82, 2.24) is 5.32 Å². The molecule has 0 spiro atoms. The Balaban J connectivity index is 1.42. The number of urea groups is 1. The van der Waals surface area contributed by atoms with E-state index in [4.69, 9.17) is 14.2 Å². The Labute approximate surface area is 181 Å². The zero-order chi connectivity index (χ0) is 22.2. The summed E-state index contributed by atoms with van der Waals surface area (Å²) in [6, 6.07) is 9.86. The number of carbonyl (C=O) groups excluding carboxylic acids is 1. The third-order valence-corrected chi connectivity index (χ3v) is 5.49. The first kappa shape index (κ1) is 21.2. The molecule has 1 saturated heterocycles. The summed E-state index contributed by atoms with van der Waals surface area (Å²) in [4.78, 5) is 14.6. The minimum atomic E-state index is -0.677. The Bertz CT molecular complexity index is 971. The maximum Gasteiger partial charge on any atom is 0.319 e. The fraction of sp³-hybridized carbons (Fsp3) is 0.435. The first-order chi connectivity index (χ1) is 14.7. The molecule has 2 N–H and O–H groups in total. The maximum atomic E-state index is 14.8. The largest absolute Gasteiger partial charge is 0.454 e. The molecule has 7 nitrogen and oxygen atoms in total. The predicted molar refractivity (Wildman–Crippen MR) is 116 cm³/mol. The molecule has 2 aliphatic heterocycles. The van der Waals surface area contributed by atoms with Gasteiger partial charge in [-0.15, -0.1) is 0 Å². The van der Waals surface area contributed by atoms with Crippen LogP contribution in [0.1, 0.15) is 33.3 Å². The van der Waals surface area contributed by atoms with Gasteiger partial charge in [-0.1, -0.05) is 6.07 Å². The van der Waals surface area contributed by atoms with E-state index in [1.807, 2.05) is 50.8 Å². The number of amides is 2. The van der Waals surface area contributed by atoms with Gasteiger partial charge in [0.2, 0.25) is 6.79 Å². The number of rotatable bonds is 4. The van der Waals surface area contributed by atoms with E-state index in [-0.39, 0.29) is 24.8 Å². The molecule has 2 atom stereocenters. The number of hydrogen-bond acceptors (Lipinski definition) is 5. The minimum Gasteiger partial charge on any atom is -0.454 e. The predicted octanol–water partition coefficient (Wildman–Crippen LogP) is 4.22. The number of fused-ring (bicyclic) bond motifs is 1. The van der Waals surface area contributed by atoms with Gasteiger partial charge in [-0.3, -0.25) is 0 Å². The number of nitrogens with zero attached hydrogens (tertiary/aromatic N) is 1. The quantitative estimate of drug-likeness (QED) is 0.761. The van der Waals surface area contributed by atoms with Crippen LogP contribution in [0.2, 0.25) is 0 Å². The number of anilines is 2. The lowest BCUT2D eigenvalue weighted by atomic mass is 9.94. The first-order valence-electron chi connectivity index (χ1n) is 10.4. The number of carbonyl (C=O) groups is 1. The van der Waals surface area contributed by atoms with Gasteiger partial charge < -0.3 is 29.7 Å². The van der Waals surface area contributed by atoms with E-state index < -0.39 is 11.6 Å². The zero-order valence-electron chi connectivity index (χ0n) is 18.2. The summed E-state index contributed by atoms with van der Waals surface area (Å²) >= 11 is 0. The molecule has 0 radical (unpaired) electrons. The average Bonchev–Trinajstić information content (AvgIpc) is 3.14. The van der Waals surface area contributed by atoms with E-state index >= 15 is 0 Å². The fourth-order valence-corrected chi connectivity index (χ4v) is 4.02. The second-order valence-corrected chi connectivity index (χ2v) is 8.60. The van der Waals surface area contributed by atoms with Crippen LogP contribution in [-0.2, 0) is 10.3 Å². The molecule has 0 aromatic heterocycles. The van der Waals surface area contributed by atoms with Gasteiger partial charge in [0.15, 0.2) is 11.5 Å². The van der Waals surface area contributed by atoms with Gasteiger partial charge >= 0.3 is 6.03 Å². The normalized spacial score (nSPS) is 20.5. The highest BCUT2D eigenvalue weighted by atomic mass is 19.1. The Morgan fingerprint density at radius 1 is 1.06 bits per heavy atom. The van der Waals surface area contributed by atoms with Gasteiger partial charge in [0.1, 0.15) is 5.82 Å². The van der Waals surface area contributed by atoms with Crippen LogP contribution >= 0.6 is 0 Å². The summed E-state index contributed by atoms with van der Waals surface area (Å²) in [5.41, 5.74) is 1.08. The zero-order valence-corrected chi connectivity index (χ0v) is 18.2. The molecule has 2 aromatic carbocycles. The van der Waals surface area contributed by atoms with Gasteiger partial charge in [0.25, 0.3) is 0 Å². The lowest BCUT2D eigenvalue weighted by molar-refractivity contribution is -0.00539. The first-order valence-corrected chi connectivity index (χ1v) is 10.4. The molecule has 0 unspecified atom stereocenters. The van der Waals surface area contributed by atoms with Crippen LogP contribution in [0.15, 0.2) is 36.4 Å². The monoisotopic (exact) mass is 429 g/mol. The highest BCUT2D eigenvalue weighted by Crippen LogP contribution is 2.35. The van der Waals surface area contributed by atoms with E-state index in [9.17, 15) is 9.18 Å². The minimum absolute atomic E-state index is 0.0325. The van der Waals surface area contributed by atoms with Crippen molar-refractivity contribution in [1.29, 1.82) is 0 Å². The number of ether oxygens (including phenoxy) is 3. The smallest absolute Gasteiger partial charge is 0.319 e. The molecule has 0 bridgehead atoms. The molecule has 0 aliphatic carbocycles. The van der Waals surface area contributed by atoms with Crippen molar-refractivity contribution in [2.45, 2.75) is 45.4 Å². The lowest BCUT2D eigenvalue weighted by Crippen LogP contribution is -2.45. The summed E-state index contributed by atoms with van der Waals surface area (Å²) < 4.78 is 31.3. The van der Waals surface area contributed by atoms with Crippen molar-refractivity contribution in [3.8, 4) is 11.5 Å². The average molecular weight is 429 g/mol. The Kier molecular flexibility index (Phi) is 5.66. The molecule has 2 aliphatic rings. The molecule has 2 amide bonds. The third-order valence-electron chi connectivity index (χ3n) is 5.49. The molecular formula is C23H28FN3O4. The summed E-state index contributed by atoms with van der Waals surface area (Å²) in [7, 11) is 0. The van der Waals surface area contributed by atoms with E-state index in [2.05, 4.69) is 10.6 Å². The molecule has 2 aromatic rings. The van der Waals surface area contributed by atoms with Crippen LogP contribution in [0.3, 0.4) is 0 Å². The maximum absolute atomic E-state index is 14.8. The van der Waals surface area contributed by atoms with Gasteiger partial charge in [0.05, 0.1) is 23.4 Å². The molecular weight excluding hydrogens is 401 g/mol. The Hall–Kier alpha value is -3.00. The second-order valence-electron chi connectivity index (χ2n) is 8.60. The second kappa shape index (κ2) is 8.26. The summed E-state index contributed by atoms with van der Waals surface area (Å²) in [6.07, 6.45) is 0.0651. The van der Waals surface area contributed by atoms with E-state index in [0.29, 0.717) is 36.0 Å². The molecule has 0 saturated carbocycles. The Morgan fingerprint density at radius 3 is 2.48 bits per heavy atom. The molecule has 4 rings (SSSR count). The lowest BCUT2D eigenvalue weighted by Gasteiger charge is -2.37. The fourth-order valence-electron chi connectivity index (χ4n) is 4.02. The van der Waals surface area contributed by atoms with Gasteiger partial charge in [-0.05, 0) is 63.6 Å². The van der Waals surface area contributed by atoms with Crippen LogP contribution in [0.25, 0.3) is 0 Å². The van der Waals surface area contributed by atoms with Crippen molar-refractivity contribution >= 4 is 17.4 Å². The molecule has 1 fully saturated rings. The third kappa shape index (κ3) is 4.69. The number of nitrogens with one attached hydrogen (secondary N) is 2. The van der Waals surface area contributed by atoms with Crippen molar-refractivity contribution in [2.75, 3.05) is 30.1 Å². The van der Waals surface area contributed by atoms with Crippen LogP contribution in [0.4, 0.5) is 20.6 Å². The van der Waals surface area contributed by atoms with E-state index in [1.165, 1.54) is 6.07 Å². The number of halogens is 1. The topological polar surface area (TPSA) is 72.1 Å². The number of hydrogen-bond donors (Lipinski definition) is 2. The van der Waals surface area contributed by atoms with Crippen LogP contribution in [0, 0.1) is 5.82 Å². The highest BCUT2D eigenvalue weighted by molar-refractivity contribution is 5.90. The van der Waals surface area contributed by atoms with Crippen molar-refractivity contribution in [3.05, 3.63) is 47.8 Å². The van der Waals surface area contributed by atoms with E-state index in [1.54, 1.807) is 12.1 Å². The summed E-state index contributed by atoms with van der Waals surface area (Å²) in [5, 5.41) is 5.64. The van der Waals surface area contributed by atoms with Crippen molar-refractivity contribution in [2.24, 2.45) is 0 Å². The van der Waals surface area contributed by atoms with Gasteiger partial charge in [0, 0.05) is 18.8 Å². The van der Waals surface area contributed by atoms with Crippen molar-refractivity contribution in [3.63, 3.8) is 0 Å². The van der Waals surface area contributed by atoms with Crippen molar-refractivity contribution < 1.29 is 23.4 Å². The van der Waals surface area contributed by atoms with Crippen LogP contribution in [-0.4, -0.2) is 38.1 Å². The number of benzene rings is 2. The summed E-state index contributed by atoms with van der Waals surface area (Å²) in [5.74, 6) is 0.954. The molecule has 2 heterocycles. The SMILES string of the molecule is C[C@@H]1CN(c2ccc(NC(=O)NC(C)(C)c3ccc4c(c3)OCO4)cc2F)C[C@@H](C)O1. The molecule has 166 valence electrons. The van der Waals surface area contributed by atoms with Gasteiger partial charge in [-0.25, -0.2) is 9.18 Å². The highest BCUT2D eigenvalue weighted by Gasteiger charge is 2.27. The van der Waals surface area contributed by atoms with Gasteiger partial charge in [-0.2, -0.15) is 0 Å². The number of morpholine rings is 1. The van der Waals surface area contributed by atoms with E-state index in [0.717, 1.165) is 5.56 Å². The standard InChI is InChI=1S/C23H28FN3O4/c1-14-11-27(12-15(2)31-14)19-7-6-17(10-18(19)24)25-22(28)26-23(3,4)16-5-8-20-21(9-16)30-13-29-20/h5-10,14-15H,11-13H2,1-4H3,(H2,25,26,28)/t14-,15-/m1/s1. The van der Waals surface area contributed by atoms with Crippen LogP contribution < -0.4 is 25.0 Å². The Morgan fingerprint density at radius 2 is 1.77 bits per heavy atom. The molecule has 31 heavy (non-hydrogen) atoms.